The zero-order valence-electron chi connectivity index (χ0n) is 32.4. The zero-order valence-corrected chi connectivity index (χ0v) is 32.4. The molecule has 5 aromatic carbocycles. The smallest absolute Gasteiger partial charge is 0.145 e. The highest BCUT2D eigenvalue weighted by atomic mass is 15.2. The van der Waals surface area contributed by atoms with Crippen molar-refractivity contribution in [2.24, 2.45) is 0 Å². The molecule has 268 valence electrons. The summed E-state index contributed by atoms with van der Waals surface area (Å²) in [5.74, 6) is 0.909. The first-order valence-corrected chi connectivity index (χ1v) is 19.4. The number of benzene rings is 5. The second-order valence-electron chi connectivity index (χ2n) is 17.6. The van der Waals surface area contributed by atoms with Crippen LogP contribution in [0.1, 0.15) is 76.3 Å². The Morgan fingerprint density at radius 2 is 1.20 bits per heavy atom. The third kappa shape index (κ3) is 4.24. The van der Waals surface area contributed by atoms with E-state index in [1.807, 2.05) is 18.5 Å². The van der Waals surface area contributed by atoms with Gasteiger partial charge in [0.05, 0.1) is 33.6 Å². The molecule has 0 N–H and O–H groups in total. The first-order chi connectivity index (χ1) is 26.4. The standard InChI is InChI=1S/C50H43N5/c1-48(2,3)30-25-35-34-16-14-24-52-47(34)55-44-29-43-37(28-38(44)50(6,7)39(26-30)46(35)55)49(4,5)36-17-9-11-19-41(36)53(43)31-21-22-33-32-15-8-10-18-40(32)54(42(33)27-31)45-20-12-13-23-51-45/h8-29H,1-7H3. The summed E-state index contributed by atoms with van der Waals surface area (Å²) < 4.78 is 4.77. The number of nitrogens with zero attached hydrogens (tertiary/aromatic N) is 5. The summed E-state index contributed by atoms with van der Waals surface area (Å²) in [5.41, 5.74) is 15.4. The molecule has 9 aromatic rings. The van der Waals surface area contributed by atoms with Crippen LogP contribution < -0.4 is 4.90 Å². The number of fused-ring (bicyclic) bond motifs is 10. The normalized spacial score (nSPS) is 15.4. The van der Waals surface area contributed by atoms with Gasteiger partial charge in [-0.2, -0.15) is 0 Å². The van der Waals surface area contributed by atoms with Crippen LogP contribution in [-0.4, -0.2) is 19.1 Å². The summed E-state index contributed by atoms with van der Waals surface area (Å²) in [5, 5.41) is 4.90. The van der Waals surface area contributed by atoms with Gasteiger partial charge in [-0.1, -0.05) is 103 Å². The summed E-state index contributed by atoms with van der Waals surface area (Å²) in [6.07, 6.45) is 3.82. The third-order valence-corrected chi connectivity index (χ3v) is 12.7. The van der Waals surface area contributed by atoms with Crippen LogP contribution in [0, 0.1) is 0 Å². The van der Waals surface area contributed by atoms with Crippen molar-refractivity contribution in [2.45, 2.75) is 64.7 Å². The van der Waals surface area contributed by atoms with Crippen LogP contribution in [0.2, 0.25) is 0 Å². The van der Waals surface area contributed by atoms with Crippen molar-refractivity contribution in [3.63, 3.8) is 0 Å². The van der Waals surface area contributed by atoms with E-state index < -0.39 is 0 Å². The van der Waals surface area contributed by atoms with Gasteiger partial charge in [0.1, 0.15) is 11.5 Å². The summed E-state index contributed by atoms with van der Waals surface area (Å²) >= 11 is 0. The number of hydrogen-bond donors (Lipinski definition) is 0. The fourth-order valence-electron chi connectivity index (χ4n) is 9.79. The van der Waals surface area contributed by atoms with Gasteiger partial charge < -0.3 is 4.90 Å². The highest BCUT2D eigenvalue weighted by Gasteiger charge is 2.42. The summed E-state index contributed by atoms with van der Waals surface area (Å²) in [7, 11) is 0. The molecule has 0 amide bonds. The van der Waals surface area contributed by atoms with Crippen LogP contribution in [0.25, 0.3) is 55.2 Å². The molecule has 0 unspecified atom stereocenters. The van der Waals surface area contributed by atoms with E-state index in [1.54, 1.807) is 0 Å². The second kappa shape index (κ2) is 10.7. The van der Waals surface area contributed by atoms with Crippen molar-refractivity contribution in [2.75, 3.05) is 4.90 Å². The average Bonchev–Trinajstić information content (AvgIpc) is 3.69. The van der Waals surface area contributed by atoms with Gasteiger partial charge in [0.25, 0.3) is 0 Å². The predicted molar refractivity (Wildman–Crippen MR) is 228 cm³/mol. The van der Waals surface area contributed by atoms with Crippen LogP contribution in [-0.2, 0) is 16.2 Å². The van der Waals surface area contributed by atoms with Gasteiger partial charge >= 0.3 is 0 Å². The second-order valence-corrected chi connectivity index (χ2v) is 17.6. The molecule has 0 saturated heterocycles. The van der Waals surface area contributed by atoms with Crippen molar-refractivity contribution < 1.29 is 0 Å². The van der Waals surface area contributed by atoms with E-state index in [9.17, 15) is 0 Å². The van der Waals surface area contributed by atoms with Crippen molar-refractivity contribution in [3.05, 3.63) is 162 Å². The number of para-hydroxylation sites is 2. The summed E-state index contributed by atoms with van der Waals surface area (Å²) in [6.45, 7) is 16.6. The summed E-state index contributed by atoms with van der Waals surface area (Å²) in [6, 6.07) is 44.9. The van der Waals surface area contributed by atoms with Crippen molar-refractivity contribution >= 4 is 60.8 Å². The Labute approximate surface area is 321 Å². The van der Waals surface area contributed by atoms with Crippen molar-refractivity contribution in [1.82, 2.24) is 19.1 Å². The number of rotatable bonds is 2. The maximum absolute atomic E-state index is 5.09. The van der Waals surface area contributed by atoms with Crippen LogP contribution in [0.5, 0.6) is 0 Å². The molecular weight excluding hydrogens is 671 g/mol. The van der Waals surface area contributed by atoms with E-state index in [-0.39, 0.29) is 16.2 Å². The van der Waals surface area contributed by atoms with Gasteiger partial charge in [-0.05, 0) is 100.0 Å². The van der Waals surface area contributed by atoms with Gasteiger partial charge in [0, 0.05) is 50.5 Å². The van der Waals surface area contributed by atoms with Gasteiger partial charge in [-0.15, -0.1) is 0 Å². The predicted octanol–water partition coefficient (Wildman–Crippen LogP) is 12.7. The average molecular weight is 714 g/mol. The zero-order chi connectivity index (χ0) is 37.6. The minimum Gasteiger partial charge on any atom is -0.310 e. The Balaban J connectivity index is 1.24. The lowest BCUT2D eigenvalue weighted by Crippen LogP contribution is -2.33. The molecule has 0 saturated carbocycles. The molecule has 4 aromatic heterocycles. The lowest BCUT2D eigenvalue weighted by molar-refractivity contribution is 0.580. The minimum absolute atomic E-state index is 0.00309. The molecule has 2 aliphatic rings. The molecular formula is C50H43N5. The van der Waals surface area contributed by atoms with Crippen LogP contribution in [0.3, 0.4) is 0 Å². The Morgan fingerprint density at radius 3 is 2.02 bits per heavy atom. The van der Waals surface area contributed by atoms with Crippen LogP contribution >= 0.6 is 0 Å². The van der Waals surface area contributed by atoms with E-state index in [4.69, 9.17) is 9.97 Å². The summed E-state index contributed by atoms with van der Waals surface area (Å²) in [4.78, 5) is 12.4. The fraction of sp³-hybridized carbons (Fsp3) is 0.200. The first kappa shape index (κ1) is 32.2. The minimum atomic E-state index is -0.255. The van der Waals surface area contributed by atoms with Crippen molar-refractivity contribution in [1.29, 1.82) is 0 Å². The quantitative estimate of drug-likeness (QED) is 0.179. The SMILES string of the molecule is CC(C)(C)c1cc2c3c(c1)c1cccnc1n3-c1cc3c(cc1C2(C)C)C(C)(C)c1ccccc1N3c1ccc2c3ccccc3n(-c3ccccn3)c2c1. The largest absolute Gasteiger partial charge is 0.310 e. The van der Waals surface area contributed by atoms with Crippen LogP contribution in [0.4, 0.5) is 17.1 Å². The molecule has 0 atom stereocenters. The van der Waals surface area contributed by atoms with Crippen LogP contribution in [0.15, 0.2) is 134 Å². The third-order valence-electron chi connectivity index (χ3n) is 12.7. The maximum Gasteiger partial charge on any atom is 0.145 e. The monoisotopic (exact) mass is 713 g/mol. The Hall–Kier alpha value is -6.20. The Morgan fingerprint density at radius 1 is 0.491 bits per heavy atom. The van der Waals surface area contributed by atoms with E-state index in [1.165, 1.54) is 71.9 Å². The lowest BCUT2D eigenvalue weighted by Gasteiger charge is -2.44. The molecule has 0 radical (unpaired) electrons. The van der Waals surface area contributed by atoms with Crippen molar-refractivity contribution in [3.8, 4) is 11.5 Å². The Kier molecular flexibility index (Phi) is 6.29. The highest BCUT2D eigenvalue weighted by Crippen LogP contribution is 2.57. The molecule has 6 heterocycles. The number of aromatic nitrogens is 4. The van der Waals surface area contributed by atoms with Gasteiger partial charge in [0.2, 0.25) is 0 Å². The van der Waals surface area contributed by atoms with E-state index in [0.29, 0.717) is 0 Å². The molecule has 5 heteroatoms. The molecule has 0 bridgehead atoms. The van der Waals surface area contributed by atoms with Gasteiger partial charge in [-0.3, -0.25) is 9.13 Å². The first-order valence-electron chi connectivity index (χ1n) is 19.4. The van der Waals surface area contributed by atoms with E-state index >= 15 is 0 Å². The topological polar surface area (TPSA) is 38.9 Å². The number of hydrogen-bond acceptors (Lipinski definition) is 3. The highest BCUT2D eigenvalue weighted by molar-refractivity contribution is 6.12. The molecule has 0 aliphatic carbocycles. The van der Waals surface area contributed by atoms with E-state index in [2.05, 4.69) is 178 Å². The molecule has 0 fully saturated rings. The lowest BCUT2D eigenvalue weighted by atomic mass is 9.68. The fourth-order valence-corrected chi connectivity index (χ4v) is 9.79. The van der Waals surface area contributed by atoms with Gasteiger partial charge in [-0.25, -0.2) is 9.97 Å². The molecule has 2 aliphatic heterocycles. The number of anilines is 3. The molecule has 11 rings (SSSR count). The van der Waals surface area contributed by atoms with E-state index in [0.717, 1.165) is 28.2 Å². The number of pyridine rings is 2. The maximum atomic E-state index is 5.09. The molecule has 0 spiro atoms. The Bertz CT molecular complexity index is 3080. The van der Waals surface area contributed by atoms with Gasteiger partial charge in [0.15, 0.2) is 0 Å². The molecule has 55 heavy (non-hydrogen) atoms. The molecule has 5 nitrogen and oxygen atoms in total.